The molecule has 3 aliphatic rings. The van der Waals surface area contributed by atoms with E-state index < -0.39 is 16.3 Å². The van der Waals surface area contributed by atoms with Crippen molar-refractivity contribution in [3.8, 4) is 0 Å². The highest BCUT2D eigenvalue weighted by Crippen LogP contribution is 2.34. The Morgan fingerprint density at radius 3 is 2.53 bits per heavy atom. The van der Waals surface area contributed by atoms with Crippen molar-refractivity contribution < 1.29 is 13.2 Å². The van der Waals surface area contributed by atoms with Crippen LogP contribution in [0.2, 0.25) is 0 Å². The van der Waals surface area contributed by atoms with Gasteiger partial charge in [0.2, 0.25) is 10.0 Å². The number of ether oxygens (including phenoxy) is 1. The summed E-state index contributed by atoms with van der Waals surface area (Å²) in [5.74, 6) is 1.51. The third kappa shape index (κ3) is 5.17. The maximum absolute atomic E-state index is 13.0. The number of rotatable bonds is 6. The smallest absolute Gasteiger partial charge is 0.243 e. The number of nitrogens with zero attached hydrogens (tertiary/aromatic N) is 6. The number of nitrogens with two attached hydrogens (primary N) is 1. The Balaban J connectivity index is 1.22. The van der Waals surface area contributed by atoms with Crippen molar-refractivity contribution in [2.24, 2.45) is 10.7 Å². The van der Waals surface area contributed by atoms with Crippen molar-refractivity contribution in [3.63, 3.8) is 0 Å². The van der Waals surface area contributed by atoms with Gasteiger partial charge in [-0.2, -0.15) is 4.31 Å². The molecule has 11 nitrogen and oxygen atoms in total. The average molecular weight is 555 g/mol. The Bertz CT molecular complexity index is 1460. The minimum atomic E-state index is -3.47. The molecule has 0 amide bonds. The summed E-state index contributed by atoms with van der Waals surface area (Å²) >= 11 is 1.70. The van der Waals surface area contributed by atoms with Gasteiger partial charge in [-0.05, 0) is 18.2 Å². The summed E-state index contributed by atoms with van der Waals surface area (Å²) in [5, 5.41) is 3.01. The number of morpholine rings is 1. The lowest BCUT2D eigenvalue weighted by atomic mass is 10.2. The van der Waals surface area contributed by atoms with E-state index in [4.69, 9.17) is 20.4 Å². The molecule has 3 aliphatic heterocycles. The maximum atomic E-state index is 13.0. The number of piperazine rings is 1. The lowest BCUT2D eigenvalue weighted by molar-refractivity contribution is 0.122. The number of fused-ring (bicyclic) bond motifs is 1. The summed E-state index contributed by atoms with van der Waals surface area (Å²) in [5.41, 5.74) is 7.49. The number of sulfonamides is 1. The Morgan fingerprint density at radius 1 is 1.05 bits per heavy atom. The van der Waals surface area contributed by atoms with Crippen LogP contribution < -0.4 is 16.0 Å². The molecule has 1 atom stereocenters. The van der Waals surface area contributed by atoms with E-state index in [9.17, 15) is 8.42 Å². The number of nitrogens with one attached hydrogen (secondary N) is 1. The second-order valence-electron chi connectivity index (χ2n) is 9.38. The van der Waals surface area contributed by atoms with Gasteiger partial charge in [0, 0.05) is 63.1 Å². The molecular formula is C25H30N8O3S2. The third-order valence-corrected chi connectivity index (χ3v) is 9.87. The van der Waals surface area contributed by atoms with Crippen LogP contribution in [0.4, 0.5) is 5.82 Å². The quantitative estimate of drug-likeness (QED) is 0.463. The van der Waals surface area contributed by atoms with Crippen molar-refractivity contribution in [2.45, 2.75) is 17.7 Å². The highest BCUT2D eigenvalue weighted by molar-refractivity contribution is 7.89. The number of hydrogen-bond donors (Lipinski definition) is 2. The minimum Gasteiger partial charge on any atom is -0.378 e. The van der Waals surface area contributed by atoms with E-state index in [0.717, 1.165) is 41.2 Å². The molecule has 1 unspecified atom stereocenters. The zero-order valence-electron chi connectivity index (χ0n) is 20.9. The zero-order valence-corrected chi connectivity index (χ0v) is 22.5. The van der Waals surface area contributed by atoms with Crippen molar-refractivity contribution in [3.05, 3.63) is 53.3 Å². The summed E-state index contributed by atoms with van der Waals surface area (Å²) in [4.78, 5) is 20.1. The van der Waals surface area contributed by atoms with Crippen molar-refractivity contribution in [2.75, 3.05) is 57.4 Å². The molecule has 0 aliphatic carbocycles. The van der Waals surface area contributed by atoms with E-state index in [-0.39, 0.29) is 0 Å². The third-order valence-electron chi connectivity index (χ3n) is 6.85. The van der Waals surface area contributed by atoms with Gasteiger partial charge in [-0.25, -0.2) is 18.4 Å². The van der Waals surface area contributed by atoms with Crippen molar-refractivity contribution in [1.82, 2.24) is 24.5 Å². The molecule has 2 saturated heterocycles. The number of allylic oxidation sites excluding steroid dienone is 1. The lowest BCUT2D eigenvalue weighted by Crippen LogP contribution is -2.48. The standard InChI is InChI=1S/C25H30N8O3S2/c26-25-27-15-18(16-28-25)23-29-21-14-19(37-22(21)24(30-23)32-10-12-36-13-11-32)17-31-6-8-33(9-7-31)38(34,35)20-4-2-1-3-5-20/h1-5,14-16,25,27H,6-13,17,26H2. The van der Waals surface area contributed by atoms with E-state index in [1.807, 2.05) is 6.07 Å². The van der Waals surface area contributed by atoms with Crippen molar-refractivity contribution >= 4 is 49.2 Å². The topological polar surface area (TPSA) is 129 Å². The largest absolute Gasteiger partial charge is 0.378 e. The molecule has 5 heterocycles. The molecule has 0 radical (unpaired) electrons. The summed E-state index contributed by atoms with van der Waals surface area (Å²) < 4.78 is 34.2. The predicted octanol–water partition coefficient (Wildman–Crippen LogP) is 1.29. The average Bonchev–Trinajstić information content (AvgIpc) is 3.36. The van der Waals surface area contributed by atoms with E-state index in [1.165, 1.54) is 4.88 Å². The molecule has 0 bridgehead atoms. The molecule has 2 aromatic heterocycles. The van der Waals surface area contributed by atoms with Gasteiger partial charge in [0.1, 0.15) is 0 Å². The molecule has 13 heteroatoms. The molecule has 3 aromatic rings. The molecular weight excluding hydrogens is 524 g/mol. The van der Waals surface area contributed by atoms with Gasteiger partial charge in [-0.3, -0.25) is 15.6 Å². The fourth-order valence-electron chi connectivity index (χ4n) is 4.79. The second-order valence-corrected chi connectivity index (χ2v) is 12.5. The van der Waals surface area contributed by atoms with Crippen LogP contribution in [0.5, 0.6) is 0 Å². The molecule has 0 saturated carbocycles. The van der Waals surface area contributed by atoms with Crippen LogP contribution in [0.1, 0.15) is 10.7 Å². The second kappa shape index (κ2) is 10.7. The highest BCUT2D eigenvalue weighted by atomic mass is 32.2. The summed E-state index contributed by atoms with van der Waals surface area (Å²) in [7, 11) is -3.47. The molecule has 6 rings (SSSR count). The van der Waals surface area contributed by atoms with Gasteiger partial charge < -0.3 is 15.0 Å². The van der Waals surface area contributed by atoms with Crippen molar-refractivity contribution in [1.29, 1.82) is 0 Å². The van der Waals surface area contributed by atoms with Crippen LogP contribution in [0, 0.1) is 0 Å². The zero-order chi connectivity index (χ0) is 26.1. The van der Waals surface area contributed by atoms with Gasteiger partial charge in [0.25, 0.3) is 0 Å². The van der Waals surface area contributed by atoms with Gasteiger partial charge >= 0.3 is 0 Å². The molecule has 2 fully saturated rings. The molecule has 200 valence electrons. The SMILES string of the molecule is NC1N=CC(c2nc(N3CCOCC3)c3sc(CN4CCN(S(=O)(=O)c5ccccc5)CC4)cc3n2)=CN1. The van der Waals surface area contributed by atoms with Gasteiger partial charge in [-0.1, -0.05) is 18.2 Å². The first-order chi connectivity index (χ1) is 18.5. The van der Waals surface area contributed by atoms with Crippen LogP contribution in [0.15, 0.2) is 52.5 Å². The van der Waals surface area contributed by atoms with Crippen LogP contribution in [-0.4, -0.2) is 92.6 Å². The predicted molar refractivity (Wildman–Crippen MR) is 149 cm³/mol. The first kappa shape index (κ1) is 25.3. The maximum Gasteiger partial charge on any atom is 0.243 e. The molecule has 1 aromatic carbocycles. The number of aromatic nitrogens is 2. The van der Waals surface area contributed by atoms with Crippen LogP contribution in [0.25, 0.3) is 15.8 Å². The van der Waals surface area contributed by atoms with E-state index in [1.54, 1.807) is 52.3 Å². The number of benzene rings is 1. The Labute approximate surface area is 225 Å². The van der Waals surface area contributed by atoms with Crippen LogP contribution in [-0.2, 0) is 21.3 Å². The van der Waals surface area contributed by atoms with E-state index in [2.05, 4.69) is 26.2 Å². The number of anilines is 1. The summed E-state index contributed by atoms with van der Waals surface area (Å²) in [6.45, 7) is 5.87. The molecule has 3 N–H and O–H groups in total. The molecule has 0 spiro atoms. The first-order valence-electron chi connectivity index (χ1n) is 12.6. The Morgan fingerprint density at radius 2 is 1.82 bits per heavy atom. The molecule has 38 heavy (non-hydrogen) atoms. The van der Waals surface area contributed by atoms with Crippen LogP contribution >= 0.6 is 11.3 Å². The monoisotopic (exact) mass is 554 g/mol. The van der Waals surface area contributed by atoms with E-state index >= 15 is 0 Å². The fraction of sp³-hybridized carbons (Fsp3) is 0.400. The lowest BCUT2D eigenvalue weighted by Gasteiger charge is -2.33. The Kier molecular flexibility index (Phi) is 7.12. The number of aliphatic imine (C=N–C) groups is 1. The van der Waals surface area contributed by atoms with E-state index in [0.29, 0.717) is 50.1 Å². The number of hydrogen-bond acceptors (Lipinski definition) is 11. The van der Waals surface area contributed by atoms with Gasteiger partial charge in [0.15, 0.2) is 17.9 Å². The first-order valence-corrected chi connectivity index (χ1v) is 14.9. The number of thiophene rings is 1. The highest BCUT2D eigenvalue weighted by Gasteiger charge is 2.29. The summed E-state index contributed by atoms with van der Waals surface area (Å²) in [6, 6.07) is 10.8. The Hall–Kier alpha value is -2.94. The fourth-order valence-corrected chi connectivity index (χ4v) is 7.39. The summed E-state index contributed by atoms with van der Waals surface area (Å²) in [6.07, 6.45) is 3.05. The van der Waals surface area contributed by atoms with Gasteiger partial charge in [0.05, 0.1) is 33.9 Å². The van der Waals surface area contributed by atoms with Gasteiger partial charge in [-0.15, -0.1) is 11.3 Å². The minimum absolute atomic E-state index is 0.346. The normalized spacial score (nSPS) is 21.4. The van der Waals surface area contributed by atoms with Crippen LogP contribution in [0.3, 0.4) is 0 Å².